The molecule has 2 aromatic rings. The molecule has 0 aliphatic carbocycles. The van der Waals surface area contributed by atoms with E-state index in [1.165, 1.54) is 36.4 Å². The second-order valence-corrected chi connectivity index (χ2v) is 6.42. The van der Waals surface area contributed by atoms with Gasteiger partial charge in [-0.05, 0) is 31.2 Å². The molecule has 0 aliphatic heterocycles. The van der Waals surface area contributed by atoms with Gasteiger partial charge in [0.05, 0.1) is 32.2 Å². The normalized spacial score (nSPS) is 12.0. The number of halogens is 2. The zero-order valence-corrected chi connectivity index (χ0v) is 13.7. The Hall–Kier alpha value is -1.63. The highest BCUT2D eigenvalue weighted by atomic mass is 35.5. The van der Waals surface area contributed by atoms with Crippen molar-refractivity contribution in [3.05, 3.63) is 56.6 Å². The third-order valence-electron chi connectivity index (χ3n) is 2.73. The molecule has 0 N–H and O–H groups in total. The minimum absolute atomic E-state index is 0.0279. The van der Waals surface area contributed by atoms with Gasteiger partial charge in [-0.15, -0.1) is 0 Å². The molecule has 2 rings (SSSR count). The van der Waals surface area contributed by atoms with E-state index in [1.807, 2.05) is 0 Å². The van der Waals surface area contributed by atoms with Crippen LogP contribution in [0.4, 0.5) is 5.69 Å². The van der Waals surface area contributed by atoms with Gasteiger partial charge in [0, 0.05) is 17.2 Å². The predicted molar refractivity (Wildman–Crippen MR) is 85.4 cm³/mol. The lowest BCUT2D eigenvalue weighted by Gasteiger charge is -2.08. The van der Waals surface area contributed by atoms with Crippen LogP contribution in [-0.2, 0) is 10.8 Å². The van der Waals surface area contributed by atoms with Crippen molar-refractivity contribution in [2.45, 2.75) is 16.7 Å². The molecule has 5 nitrogen and oxygen atoms in total. The van der Waals surface area contributed by atoms with Crippen LogP contribution in [0.2, 0.25) is 10.0 Å². The minimum Gasteiger partial charge on any atom is -0.494 e. The Balaban J connectivity index is 2.55. The molecule has 0 radical (unpaired) electrons. The van der Waals surface area contributed by atoms with Crippen molar-refractivity contribution in [1.82, 2.24) is 0 Å². The molecule has 2 aromatic carbocycles. The van der Waals surface area contributed by atoms with Gasteiger partial charge in [-0.2, -0.15) is 0 Å². The average Bonchev–Trinajstić information content (AvgIpc) is 2.46. The Bertz CT molecular complexity index is 752. The second kappa shape index (κ2) is 7.09. The van der Waals surface area contributed by atoms with Crippen molar-refractivity contribution in [2.75, 3.05) is 6.61 Å². The topological polar surface area (TPSA) is 69.4 Å². The molecule has 0 saturated heterocycles. The largest absolute Gasteiger partial charge is 0.494 e. The number of ether oxygens (including phenoxy) is 1. The Morgan fingerprint density at radius 3 is 2.50 bits per heavy atom. The summed E-state index contributed by atoms with van der Waals surface area (Å²) in [6, 6.07) is 8.57. The molecule has 0 amide bonds. The first kappa shape index (κ1) is 16.7. The van der Waals surface area contributed by atoms with Crippen LogP contribution in [0.1, 0.15) is 6.92 Å². The van der Waals surface area contributed by atoms with Crippen LogP contribution in [0.15, 0.2) is 46.2 Å². The van der Waals surface area contributed by atoms with Gasteiger partial charge in [0.25, 0.3) is 5.69 Å². The van der Waals surface area contributed by atoms with E-state index < -0.39 is 15.7 Å². The smallest absolute Gasteiger partial charge is 0.286 e. The molecule has 0 heterocycles. The third kappa shape index (κ3) is 3.58. The lowest BCUT2D eigenvalue weighted by molar-refractivity contribution is -0.387. The van der Waals surface area contributed by atoms with E-state index in [1.54, 1.807) is 6.92 Å². The van der Waals surface area contributed by atoms with Gasteiger partial charge < -0.3 is 4.74 Å². The van der Waals surface area contributed by atoms with Crippen molar-refractivity contribution in [1.29, 1.82) is 0 Å². The molecule has 22 heavy (non-hydrogen) atoms. The number of nitro benzene ring substituents is 1. The number of hydrogen-bond donors (Lipinski definition) is 0. The van der Waals surface area contributed by atoms with Crippen molar-refractivity contribution >= 4 is 39.7 Å². The first-order valence-electron chi connectivity index (χ1n) is 6.22. The summed E-state index contributed by atoms with van der Waals surface area (Å²) in [5.74, 6) is 0.404. The maximum Gasteiger partial charge on any atom is 0.286 e. The van der Waals surface area contributed by atoms with Crippen LogP contribution in [0.3, 0.4) is 0 Å². The van der Waals surface area contributed by atoms with E-state index in [4.69, 9.17) is 27.9 Å². The minimum atomic E-state index is -1.82. The zero-order valence-electron chi connectivity index (χ0n) is 11.4. The molecule has 116 valence electrons. The number of rotatable bonds is 5. The van der Waals surface area contributed by atoms with E-state index in [-0.39, 0.29) is 20.5 Å². The van der Waals surface area contributed by atoms with Crippen LogP contribution >= 0.6 is 23.2 Å². The fourth-order valence-corrected chi connectivity index (χ4v) is 3.63. The summed E-state index contributed by atoms with van der Waals surface area (Å²) >= 11 is 11.8. The summed E-state index contributed by atoms with van der Waals surface area (Å²) in [5, 5.41) is 11.7. The summed E-state index contributed by atoms with van der Waals surface area (Å²) in [7, 11) is -1.82. The van der Waals surface area contributed by atoms with E-state index in [0.29, 0.717) is 17.4 Å². The molecule has 1 unspecified atom stereocenters. The molecule has 8 heteroatoms. The number of nitro groups is 1. The fraction of sp³-hybridized carbons (Fsp3) is 0.143. The van der Waals surface area contributed by atoms with Crippen molar-refractivity contribution < 1.29 is 13.9 Å². The molecule has 0 aromatic heterocycles. The highest BCUT2D eigenvalue weighted by molar-refractivity contribution is 7.85. The average molecular weight is 360 g/mol. The van der Waals surface area contributed by atoms with E-state index >= 15 is 0 Å². The summed E-state index contributed by atoms with van der Waals surface area (Å²) in [5.41, 5.74) is -0.257. The monoisotopic (exact) mass is 359 g/mol. The lowest BCUT2D eigenvalue weighted by atomic mass is 10.3. The first-order valence-corrected chi connectivity index (χ1v) is 8.12. The Morgan fingerprint density at radius 2 is 1.91 bits per heavy atom. The van der Waals surface area contributed by atoms with Crippen LogP contribution in [0.25, 0.3) is 0 Å². The molecule has 0 bridgehead atoms. The quantitative estimate of drug-likeness (QED) is 0.583. The molecule has 0 aliphatic rings. The molecule has 1 atom stereocenters. The Morgan fingerprint density at radius 1 is 1.18 bits per heavy atom. The van der Waals surface area contributed by atoms with Gasteiger partial charge in [-0.1, -0.05) is 23.2 Å². The number of hydrogen-bond acceptors (Lipinski definition) is 4. The first-order chi connectivity index (χ1) is 10.4. The van der Waals surface area contributed by atoms with Crippen LogP contribution in [-0.4, -0.2) is 15.7 Å². The predicted octanol–water partition coefficient (Wildman–Crippen LogP) is 4.47. The lowest BCUT2D eigenvalue weighted by Crippen LogP contribution is -2.01. The van der Waals surface area contributed by atoms with Crippen molar-refractivity contribution in [2.24, 2.45) is 0 Å². The highest BCUT2D eigenvalue weighted by Gasteiger charge is 2.23. The van der Waals surface area contributed by atoms with Crippen molar-refractivity contribution in [3.8, 4) is 5.75 Å². The molecular weight excluding hydrogens is 349 g/mol. The number of benzene rings is 2. The number of nitrogens with zero attached hydrogens (tertiary/aromatic N) is 1. The Kier molecular flexibility index (Phi) is 5.39. The Labute approximate surface area is 139 Å². The maximum atomic E-state index is 12.7. The SMILES string of the molecule is CCOc1ccc([N+](=O)[O-])c(S(=O)c2ccc(Cl)cc2Cl)c1. The summed E-state index contributed by atoms with van der Waals surface area (Å²) in [4.78, 5) is 10.8. The maximum absolute atomic E-state index is 12.7. The third-order valence-corrected chi connectivity index (χ3v) is 4.87. The second-order valence-electron chi connectivity index (χ2n) is 4.16. The summed E-state index contributed by atoms with van der Waals surface area (Å²) in [6.07, 6.45) is 0. The fourth-order valence-electron chi connectivity index (χ4n) is 1.79. The van der Waals surface area contributed by atoms with E-state index in [0.717, 1.165) is 0 Å². The molecule has 0 fully saturated rings. The van der Waals surface area contributed by atoms with Gasteiger partial charge in [0.15, 0.2) is 0 Å². The molecular formula is C14H11Cl2NO4S. The van der Waals surface area contributed by atoms with Crippen LogP contribution < -0.4 is 4.74 Å². The van der Waals surface area contributed by atoms with Gasteiger partial charge >= 0.3 is 0 Å². The van der Waals surface area contributed by atoms with E-state index in [2.05, 4.69) is 0 Å². The molecule has 0 saturated carbocycles. The molecule has 0 spiro atoms. The zero-order chi connectivity index (χ0) is 16.3. The van der Waals surface area contributed by atoms with Gasteiger partial charge in [0.1, 0.15) is 10.6 Å². The van der Waals surface area contributed by atoms with Crippen LogP contribution in [0.5, 0.6) is 5.75 Å². The highest BCUT2D eigenvalue weighted by Crippen LogP contribution is 2.33. The van der Waals surface area contributed by atoms with Crippen molar-refractivity contribution in [3.63, 3.8) is 0 Å². The van der Waals surface area contributed by atoms with Gasteiger partial charge in [0.2, 0.25) is 0 Å². The van der Waals surface area contributed by atoms with Crippen LogP contribution in [0, 0.1) is 10.1 Å². The standard InChI is InChI=1S/C14H11Cl2NO4S/c1-2-21-10-4-5-12(17(18)19)14(8-10)22(20)13-6-3-9(15)7-11(13)16/h3-8H,2H2,1H3. The van der Waals surface area contributed by atoms with E-state index in [9.17, 15) is 14.3 Å². The summed E-state index contributed by atoms with van der Waals surface area (Å²) < 4.78 is 18.0. The summed E-state index contributed by atoms with van der Waals surface area (Å²) in [6.45, 7) is 2.18. The van der Waals surface area contributed by atoms with Gasteiger partial charge in [-0.3, -0.25) is 10.1 Å². The van der Waals surface area contributed by atoms with Gasteiger partial charge in [-0.25, -0.2) is 4.21 Å².